The lowest BCUT2D eigenvalue weighted by Crippen LogP contribution is -2.36. The Balaban J connectivity index is 1.73. The molecule has 2 aromatic rings. The normalized spacial score (nSPS) is 15.8. The molecule has 0 spiro atoms. The zero-order chi connectivity index (χ0) is 15.5. The third-order valence-electron chi connectivity index (χ3n) is 4.05. The molecule has 0 aliphatic carbocycles. The van der Waals surface area contributed by atoms with E-state index in [1.54, 1.807) is 14.0 Å². The summed E-state index contributed by atoms with van der Waals surface area (Å²) in [5.41, 5.74) is 0.847. The van der Waals surface area contributed by atoms with Crippen molar-refractivity contribution >= 4 is 5.91 Å². The van der Waals surface area contributed by atoms with Crippen molar-refractivity contribution in [2.45, 2.75) is 25.7 Å². The van der Waals surface area contributed by atoms with Gasteiger partial charge in [0.25, 0.3) is 0 Å². The largest absolute Gasteiger partial charge is 0.497 e. The first-order valence-electron chi connectivity index (χ1n) is 7.40. The smallest absolute Gasteiger partial charge is 0.247 e. The second-order valence-electron chi connectivity index (χ2n) is 5.46. The molecule has 1 fully saturated rings. The van der Waals surface area contributed by atoms with Crippen molar-refractivity contribution in [2.24, 2.45) is 0 Å². The Kier molecular flexibility index (Phi) is 4.09. The maximum atomic E-state index is 11.4. The molecule has 1 aromatic carbocycles. The number of carbonyl (C=O) groups is 1. The fraction of sp³-hybridized carbons (Fsp3) is 0.438. The van der Waals surface area contributed by atoms with Crippen molar-refractivity contribution in [1.29, 1.82) is 0 Å². The van der Waals surface area contributed by atoms with Crippen molar-refractivity contribution in [1.82, 2.24) is 15.1 Å². The lowest BCUT2D eigenvalue weighted by atomic mass is 9.97. The van der Waals surface area contributed by atoms with Crippen LogP contribution >= 0.6 is 0 Å². The second kappa shape index (κ2) is 6.17. The van der Waals surface area contributed by atoms with E-state index < -0.39 is 0 Å². The Hall–Kier alpha value is -2.37. The van der Waals surface area contributed by atoms with Crippen LogP contribution in [0.2, 0.25) is 0 Å². The van der Waals surface area contributed by atoms with Gasteiger partial charge in [-0.2, -0.15) is 0 Å². The summed E-state index contributed by atoms with van der Waals surface area (Å²) in [6, 6.07) is 7.55. The standard InChI is InChI=1S/C16H19N3O3/c1-11(20)19-8-6-12(7-9-19)15-17-18-16(22-15)13-4-3-5-14(10-13)21-2/h3-5,10,12H,6-9H2,1-2H3. The van der Waals surface area contributed by atoms with E-state index in [9.17, 15) is 4.79 Å². The Morgan fingerprint density at radius 2 is 2.09 bits per heavy atom. The Labute approximate surface area is 129 Å². The second-order valence-corrected chi connectivity index (χ2v) is 5.46. The summed E-state index contributed by atoms with van der Waals surface area (Å²) in [5.74, 6) is 2.26. The molecule has 0 N–H and O–H groups in total. The predicted octanol–water partition coefficient (Wildman–Crippen LogP) is 2.47. The first-order valence-corrected chi connectivity index (χ1v) is 7.40. The van der Waals surface area contributed by atoms with Gasteiger partial charge in [0.2, 0.25) is 17.7 Å². The van der Waals surface area contributed by atoms with Gasteiger partial charge in [0.1, 0.15) is 5.75 Å². The highest BCUT2D eigenvalue weighted by Gasteiger charge is 2.26. The molecule has 0 radical (unpaired) electrons. The maximum Gasteiger partial charge on any atom is 0.247 e. The summed E-state index contributed by atoms with van der Waals surface area (Å²) < 4.78 is 11.0. The van der Waals surface area contributed by atoms with Crippen molar-refractivity contribution in [3.05, 3.63) is 30.2 Å². The average Bonchev–Trinajstić information content (AvgIpc) is 3.05. The number of hydrogen-bond donors (Lipinski definition) is 0. The first-order chi connectivity index (χ1) is 10.7. The molecule has 0 saturated carbocycles. The number of methoxy groups -OCH3 is 1. The molecular weight excluding hydrogens is 282 g/mol. The van der Waals surface area contributed by atoms with E-state index in [1.807, 2.05) is 29.2 Å². The van der Waals surface area contributed by atoms with Crippen LogP contribution in [0.25, 0.3) is 11.5 Å². The van der Waals surface area contributed by atoms with E-state index in [4.69, 9.17) is 9.15 Å². The summed E-state index contributed by atoms with van der Waals surface area (Å²) >= 11 is 0. The van der Waals surface area contributed by atoms with Gasteiger partial charge in [-0.25, -0.2) is 0 Å². The minimum Gasteiger partial charge on any atom is -0.497 e. The summed E-state index contributed by atoms with van der Waals surface area (Å²) in [6.07, 6.45) is 1.72. The topological polar surface area (TPSA) is 68.5 Å². The van der Waals surface area contributed by atoms with Gasteiger partial charge in [-0.05, 0) is 31.0 Å². The van der Waals surface area contributed by atoms with Crippen LogP contribution in [0, 0.1) is 0 Å². The van der Waals surface area contributed by atoms with Crippen molar-refractivity contribution < 1.29 is 13.9 Å². The molecule has 6 heteroatoms. The fourth-order valence-electron chi connectivity index (χ4n) is 2.71. The number of likely N-dealkylation sites (tertiary alicyclic amines) is 1. The van der Waals surface area contributed by atoms with Gasteiger partial charge in [0.05, 0.1) is 7.11 Å². The number of piperidine rings is 1. The molecule has 6 nitrogen and oxygen atoms in total. The number of rotatable bonds is 3. The highest BCUT2D eigenvalue weighted by Crippen LogP contribution is 2.30. The van der Waals surface area contributed by atoms with Crippen LogP contribution in [0.3, 0.4) is 0 Å². The minimum absolute atomic E-state index is 0.126. The number of amides is 1. The van der Waals surface area contributed by atoms with E-state index >= 15 is 0 Å². The maximum absolute atomic E-state index is 11.4. The molecular formula is C16H19N3O3. The van der Waals surface area contributed by atoms with E-state index in [2.05, 4.69) is 10.2 Å². The van der Waals surface area contributed by atoms with Crippen molar-refractivity contribution in [3.8, 4) is 17.2 Å². The molecule has 0 bridgehead atoms. The average molecular weight is 301 g/mol. The SMILES string of the molecule is COc1cccc(-c2nnc(C3CCN(C(C)=O)CC3)o2)c1. The third-order valence-corrected chi connectivity index (χ3v) is 4.05. The molecule has 0 atom stereocenters. The molecule has 2 heterocycles. The van der Waals surface area contributed by atoms with Crippen LogP contribution in [-0.2, 0) is 4.79 Å². The molecule has 1 aliphatic rings. The summed E-state index contributed by atoms with van der Waals surface area (Å²) in [4.78, 5) is 13.2. The van der Waals surface area contributed by atoms with Crippen LogP contribution < -0.4 is 4.74 Å². The third kappa shape index (κ3) is 2.95. The molecule has 0 unspecified atom stereocenters. The van der Waals surface area contributed by atoms with Gasteiger partial charge in [0, 0.05) is 31.5 Å². The van der Waals surface area contributed by atoms with Crippen LogP contribution in [0.4, 0.5) is 0 Å². The quantitative estimate of drug-likeness (QED) is 0.871. The minimum atomic E-state index is 0.126. The van der Waals surface area contributed by atoms with E-state index in [0.29, 0.717) is 11.8 Å². The number of carbonyl (C=O) groups excluding carboxylic acids is 1. The number of nitrogens with zero attached hydrogens (tertiary/aromatic N) is 3. The lowest BCUT2D eigenvalue weighted by Gasteiger charge is -2.29. The molecule has 3 rings (SSSR count). The monoisotopic (exact) mass is 301 g/mol. The molecule has 116 valence electrons. The van der Waals surface area contributed by atoms with Gasteiger partial charge in [0.15, 0.2) is 0 Å². The molecule has 1 saturated heterocycles. The molecule has 1 amide bonds. The van der Waals surface area contributed by atoms with Gasteiger partial charge < -0.3 is 14.1 Å². The predicted molar refractivity (Wildman–Crippen MR) is 80.5 cm³/mol. The highest BCUT2D eigenvalue weighted by molar-refractivity contribution is 5.73. The number of ether oxygens (including phenoxy) is 1. The van der Waals surface area contributed by atoms with E-state index in [-0.39, 0.29) is 11.8 Å². The lowest BCUT2D eigenvalue weighted by molar-refractivity contribution is -0.129. The summed E-state index contributed by atoms with van der Waals surface area (Å²) in [7, 11) is 1.63. The van der Waals surface area contributed by atoms with Gasteiger partial charge in [-0.3, -0.25) is 4.79 Å². The van der Waals surface area contributed by atoms with Crippen molar-refractivity contribution in [3.63, 3.8) is 0 Å². The van der Waals surface area contributed by atoms with Gasteiger partial charge in [-0.1, -0.05) is 6.07 Å². The molecule has 1 aliphatic heterocycles. The van der Waals surface area contributed by atoms with Crippen molar-refractivity contribution in [2.75, 3.05) is 20.2 Å². The van der Waals surface area contributed by atoms with Gasteiger partial charge >= 0.3 is 0 Å². The van der Waals surface area contributed by atoms with Crippen LogP contribution in [0.5, 0.6) is 5.75 Å². The Morgan fingerprint density at radius 1 is 1.32 bits per heavy atom. The fourth-order valence-corrected chi connectivity index (χ4v) is 2.71. The zero-order valence-electron chi connectivity index (χ0n) is 12.8. The summed E-state index contributed by atoms with van der Waals surface area (Å²) in [5, 5.41) is 8.32. The summed E-state index contributed by atoms with van der Waals surface area (Å²) in [6.45, 7) is 3.10. The first kappa shape index (κ1) is 14.6. The number of benzene rings is 1. The highest BCUT2D eigenvalue weighted by atomic mass is 16.5. The molecule has 22 heavy (non-hydrogen) atoms. The number of hydrogen-bond acceptors (Lipinski definition) is 5. The van der Waals surface area contributed by atoms with E-state index in [0.717, 1.165) is 37.2 Å². The van der Waals surface area contributed by atoms with Crippen LogP contribution in [0.15, 0.2) is 28.7 Å². The van der Waals surface area contributed by atoms with Gasteiger partial charge in [-0.15, -0.1) is 10.2 Å². The molecule has 1 aromatic heterocycles. The zero-order valence-corrected chi connectivity index (χ0v) is 12.8. The van der Waals surface area contributed by atoms with Crippen LogP contribution in [0.1, 0.15) is 31.6 Å². The number of aromatic nitrogens is 2. The Morgan fingerprint density at radius 3 is 2.77 bits per heavy atom. The van der Waals surface area contributed by atoms with E-state index in [1.165, 1.54) is 0 Å². The van der Waals surface area contributed by atoms with Crippen LogP contribution in [-0.4, -0.2) is 41.2 Å². The Bertz CT molecular complexity index is 660.